The molecule has 0 fully saturated rings. The molecule has 2 rings (SSSR count). The summed E-state index contributed by atoms with van der Waals surface area (Å²) in [4.78, 5) is 25.0. The van der Waals surface area contributed by atoms with Crippen LogP contribution in [0.5, 0.6) is 0 Å². The molecule has 2 N–H and O–H groups in total. The maximum atomic E-state index is 13.1. The summed E-state index contributed by atoms with van der Waals surface area (Å²) in [5.74, 6) is -1.41. The number of para-hydroxylation sites is 1. The van der Waals surface area contributed by atoms with Gasteiger partial charge in [0.05, 0.1) is 40.4 Å². The molecule has 13 heteroatoms. The number of sulfonamides is 1. The molecular weight excluding hydrogens is 487 g/mol. The Balaban J connectivity index is 2.30. The lowest BCUT2D eigenvalue weighted by atomic mass is 10.1. The largest absolute Gasteiger partial charge is 0.416 e. The van der Waals surface area contributed by atoms with Gasteiger partial charge in [-0.3, -0.25) is 13.9 Å². The summed E-state index contributed by atoms with van der Waals surface area (Å²) in [5.41, 5.74) is -1.45. The van der Waals surface area contributed by atoms with E-state index in [1.165, 1.54) is 19.2 Å². The summed E-state index contributed by atoms with van der Waals surface area (Å²) in [5, 5.41) is 4.71. The Labute approximate surface area is 193 Å². The molecule has 0 bridgehead atoms. The van der Waals surface area contributed by atoms with Crippen molar-refractivity contribution < 1.29 is 35.9 Å². The quantitative estimate of drug-likeness (QED) is 0.507. The van der Waals surface area contributed by atoms with Crippen LogP contribution in [0, 0.1) is 0 Å². The second-order valence-electron chi connectivity index (χ2n) is 6.78. The highest BCUT2D eigenvalue weighted by atomic mass is 35.5. The smallest absolute Gasteiger partial charge is 0.383 e. The van der Waals surface area contributed by atoms with E-state index >= 15 is 0 Å². The van der Waals surface area contributed by atoms with Crippen LogP contribution >= 0.6 is 11.6 Å². The zero-order valence-corrected chi connectivity index (χ0v) is 19.1. The fraction of sp³-hybridized carbons (Fsp3) is 0.300. The van der Waals surface area contributed by atoms with Gasteiger partial charge >= 0.3 is 6.18 Å². The van der Waals surface area contributed by atoms with Crippen molar-refractivity contribution in [2.24, 2.45) is 0 Å². The van der Waals surface area contributed by atoms with Gasteiger partial charge in [-0.15, -0.1) is 0 Å². The van der Waals surface area contributed by atoms with Crippen LogP contribution in [-0.2, 0) is 25.7 Å². The number of nitrogens with zero attached hydrogens (tertiary/aromatic N) is 1. The van der Waals surface area contributed by atoms with Crippen molar-refractivity contribution in [2.45, 2.75) is 6.18 Å². The Kier molecular flexibility index (Phi) is 8.69. The number of carbonyl (C=O) groups is 2. The molecule has 8 nitrogen and oxygen atoms in total. The highest BCUT2D eigenvalue weighted by Gasteiger charge is 2.33. The van der Waals surface area contributed by atoms with Crippen LogP contribution < -0.4 is 14.9 Å². The van der Waals surface area contributed by atoms with Crippen molar-refractivity contribution >= 4 is 44.8 Å². The van der Waals surface area contributed by atoms with Crippen molar-refractivity contribution in [3.8, 4) is 0 Å². The van der Waals surface area contributed by atoms with Gasteiger partial charge < -0.3 is 15.4 Å². The van der Waals surface area contributed by atoms with Gasteiger partial charge in [0.1, 0.15) is 6.54 Å². The molecule has 0 saturated carbocycles. The minimum Gasteiger partial charge on any atom is -0.383 e. The average Bonchev–Trinajstić information content (AvgIpc) is 2.71. The molecule has 2 amide bonds. The lowest BCUT2D eigenvalue weighted by Gasteiger charge is -2.24. The molecule has 2 aromatic rings. The van der Waals surface area contributed by atoms with E-state index < -0.39 is 45.8 Å². The number of benzene rings is 2. The summed E-state index contributed by atoms with van der Waals surface area (Å²) in [6.45, 7) is -0.395. The normalized spacial score (nSPS) is 11.7. The number of anilines is 2. The van der Waals surface area contributed by atoms with Gasteiger partial charge in [0, 0.05) is 13.7 Å². The monoisotopic (exact) mass is 507 g/mol. The summed E-state index contributed by atoms with van der Waals surface area (Å²) >= 11 is 5.95. The Hall–Kier alpha value is -2.83. The van der Waals surface area contributed by atoms with Crippen molar-refractivity contribution in [1.29, 1.82) is 0 Å². The Bertz CT molecular complexity index is 1130. The third-order valence-corrected chi connectivity index (χ3v) is 5.71. The van der Waals surface area contributed by atoms with E-state index in [9.17, 15) is 31.2 Å². The number of hydrogen-bond donors (Lipinski definition) is 2. The van der Waals surface area contributed by atoms with E-state index in [1.54, 1.807) is 12.1 Å². The zero-order chi connectivity index (χ0) is 24.8. The van der Waals surface area contributed by atoms with Crippen LogP contribution in [-0.4, -0.2) is 53.3 Å². The van der Waals surface area contributed by atoms with Crippen molar-refractivity contribution in [1.82, 2.24) is 5.32 Å². The van der Waals surface area contributed by atoms with Gasteiger partial charge in [0.25, 0.3) is 5.91 Å². The van der Waals surface area contributed by atoms with E-state index in [2.05, 4.69) is 10.6 Å². The van der Waals surface area contributed by atoms with Gasteiger partial charge in [-0.1, -0.05) is 23.7 Å². The average molecular weight is 508 g/mol. The van der Waals surface area contributed by atoms with Crippen LogP contribution in [0.4, 0.5) is 24.5 Å². The number of carbonyl (C=O) groups excluding carboxylic acids is 2. The summed E-state index contributed by atoms with van der Waals surface area (Å²) in [7, 11) is -2.74. The zero-order valence-electron chi connectivity index (χ0n) is 17.6. The molecule has 0 atom stereocenters. The van der Waals surface area contributed by atoms with E-state index in [0.717, 1.165) is 12.3 Å². The summed E-state index contributed by atoms with van der Waals surface area (Å²) in [6.07, 6.45) is -4.02. The second-order valence-corrected chi connectivity index (χ2v) is 9.09. The third-order valence-electron chi connectivity index (χ3n) is 4.27. The first-order valence-electron chi connectivity index (χ1n) is 9.35. The molecule has 0 aromatic heterocycles. The number of halogens is 4. The SMILES string of the molecule is COCCNC(=O)c1ccccc1NC(=O)CN(c1cc(C(F)(F)F)ccc1Cl)S(C)(=O)=O. The van der Waals surface area contributed by atoms with Crippen LogP contribution in [0.25, 0.3) is 0 Å². The van der Waals surface area contributed by atoms with Gasteiger partial charge in [-0.2, -0.15) is 13.2 Å². The molecule has 0 saturated heterocycles. The molecule has 0 heterocycles. The molecule has 0 unspecified atom stereocenters. The predicted octanol–water partition coefficient (Wildman–Crippen LogP) is 3.14. The standard InChI is InChI=1S/C20H21ClF3N3O5S/c1-32-10-9-25-19(29)14-5-3-4-6-16(14)26-18(28)12-27(33(2,30)31)17-11-13(20(22,23)24)7-8-15(17)21/h3-8,11H,9-10,12H2,1-2H3,(H,25,29)(H,26,28). The number of rotatable bonds is 9. The van der Waals surface area contributed by atoms with Gasteiger partial charge in [0.2, 0.25) is 15.9 Å². The number of methoxy groups -OCH3 is 1. The molecule has 0 spiro atoms. The van der Waals surface area contributed by atoms with E-state index in [0.29, 0.717) is 16.4 Å². The number of amides is 2. The number of hydrogen-bond acceptors (Lipinski definition) is 5. The minimum absolute atomic E-state index is 0.0843. The van der Waals surface area contributed by atoms with E-state index in [-0.39, 0.29) is 29.4 Å². The molecule has 33 heavy (non-hydrogen) atoms. The number of nitrogens with one attached hydrogen (secondary N) is 2. The molecule has 0 aliphatic carbocycles. The number of ether oxygens (including phenoxy) is 1. The van der Waals surface area contributed by atoms with Crippen LogP contribution in [0.15, 0.2) is 42.5 Å². The Morgan fingerprint density at radius 2 is 1.82 bits per heavy atom. The van der Waals surface area contributed by atoms with Gasteiger partial charge in [0.15, 0.2) is 0 Å². The van der Waals surface area contributed by atoms with Crippen molar-refractivity contribution in [3.63, 3.8) is 0 Å². The van der Waals surface area contributed by atoms with Crippen LogP contribution in [0.1, 0.15) is 15.9 Å². The van der Waals surface area contributed by atoms with E-state index in [1.807, 2.05) is 0 Å². The molecule has 2 aromatic carbocycles. The third kappa shape index (κ3) is 7.34. The first kappa shape index (κ1) is 26.4. The van der Waals surface area contributed by atoms with Crippen LogP contribution in [0.3, 0.4) is 0 Å². The predicted molar refractivity (Wildman–Crippen MR) is 118 cm³/mol. The summed E-state index contributed by atoms with van der Waals surface area (Å²) in [6, 6.07) is 8.11. The van der Waals surface area contributed by atoms with Crippen molar-refractivity contribution in [2.75, 3.05) is 42.7 Å². The Morgan fingerprint density at radius 1 is 1.15 bits per heavy atom. The first-order chi connectivity index (χ1) is 15.3. The fourth-order valence-electron chi connectivity index (χ4n) is 2.73. The Morgan fingerprint density at radius 3 is 2.42 bits per heavy atom. The molecular formula is C20H21ClF3N3O5S. The topological polar surface area (TPSA) is 105 Å². The highest BCUT2D eigenvalue weighted by molar-refractivity contribution is 7.92. The van der Waals surface area contributed by atoms with E-state index in [4.69, 9.17) is 16.3 Å². The van der Waals surface area contributed by atoms with Crippen LogP contribution in [0.2, 0.25) is 5.02 Å². The molecule has 0 aliphatic heterocycles. The summed E-state index contributed by atoms with van der Waals surface area (Å²) < 4.78 is 69.2. The molecule has 180 valence electrons. The highest BCUT2D eigenvalue weighted by Crippen LogP contribution is 2.36. The maximum absolute atomic E-state index is 13.1. The fourth-order valence-corrected chi connectivity index (χ4v) is 3.86. The maximum Gasteiger partial charge on any atom is 0.416 e. The second kappa shape index (κ2) is 10.9. The van der Waals surface area contributed by atoms with Gasteiger partial charge in [-0.05, 0) is 30.3 Å². The lowest BCUT2D eigenvalue weighted by molar-refractivity contribution is -0.137. The molecule has 0 radical (unpaired) electrons. The van der Waals surface area contributed by atoms with Gasteiger partial charge in [-0.25, -0.2) is 8.42 Å². The minimum atomic E-state index is -4.75. The first-order valence-corrected chi connectivity index (χ1v) is 11.6. The molecule has 0 aliphatic rings. The number of alkyl halides is 3. The van der Waals surface area contributed by atoms with Crippen molar-refractivity contribution in [3.05, 3.63) is 58.6 Å². The lowest BCUT2D eigenvalue weighted by Crippen LogP contribution is -2.38.